The van der Waals surface area contributed by atoms with Crippen molar-refractivity contribution in [3.63, 3.8) is 0 Å². The van der Waals surface area contributed by atoms with Crippen molar-refractivity contribution in [3.8, 4) is 11.1 Å². The van der Waals surface area contributed by atoms with Crippen molar-refractivity contribution in [1.82, 2.24) is 0 Å². The van der Waals surface area contributed by atoms with Gasteiger partial charge in [-0.15, -0.1) is 0 Å². The van der Waals surface area contributed by atoms with E-state index in [0.717, 1.165) is 34.1 Å². The number of halogens is 3. The maximum absolute atomic E-state index is 14.8. The quantitative estimate of drug-likeness (QED) is 0.140. The van der Waals surface area contributed by atoms with Gasteiger partial charge in [-0.3, -0.25) is 0 Å². The van der Waals surface area contributed by atoms with Crippen LogP contribution < -0.4 is 9.80 Å². The average Bonchev–Trinajstić information content (AvgIpc) is 3.44. The molecule has 1 aliphatic rings. The van der Waals surface area contributed by atoms with Gasteiger partial charge in [-0.2, -0.15) is 0 Å². The second-order valence-corrected chi connectivity index (χ2v) is 17.9. The Balaban J connectivity index is 1.26. The first-order chi connectivity index (χ1) is 26.4. The molecule has 0 fully saturated rings. The summed E-state index contributed by atoms with van der Waals surface area (Å²) in [5, 5.41) is 4.82. The van der Waals surface area contributed by atoms with Crippen molar-refractivity contribution in [2.45, 2.75) is 29.1 Å². The van der Waals surface area contributed by atoms with Gasteiger partial charge in [0, 0.05) is 91.1 Å². The van der Waals surface area contributed by atoms with E-state index >= 15 is 0 Å². The van der Waals surface area contributed by atoms with Crippen molar-refractivity contribution in [1.29, 1.82) is 0 Å². The minimum Gasteiger partial charge on any atom is -0.310 e. The second-order valence-electron chi connectivity index (χ2n) is 14.0. The Kier molecular flexibility index (Phi) is 9.62. The Hall–Kier alpha value is -4.03. The van der Waals surface area contributed by atoms with Gasteiger partial charge in [0.05, 0.1) is 11.4 Å². The molecule has 7 heteroatoms. The van der Waals surface area contributed by atoms with Crippen molar-refractivity contribution < 1.29 is 4.39 Å². The van der Waals surface area contributed by atoms with Crippen LogP contribution in [-0.4, -0.2) is 0 Å². The number of nitrogens with zero attached hydrogens (tertiary/aromatic N) is 2. The molecule has 0 spiro atoms. The van der Waals surface area contributed by atoms with Crippen LogP contribution in [0.1, 0.15) is 25.0 Å². The SMILES string of the molecule is CC1(C)c2cc(N(c3ccc(SI)cc3)c3cccc(F)c3)ccc2-c2c1cc(N(c1ccc(SI)cc1)c1cccc3ccccc13)c1ccccc21. The first kappa shape index (κ1) is 35.7. The summed E-state index contributed by atoms with van der Waals surface area (Å²) in [6, 6.07) is 57.5. The molecule has 0 radical (unpaired) electrons. The molecule has 2 nitrogen and oxygen atoms in total. The number of hydrogen-bond acceptors (Lipinski definition) is 4. The number of anilines is 6. The molecule has 0 atom stereocenters. The molecule has 264 valence electrons. The zero-order chi connectivity index (χ0) is 37.0. The van der Waals surface area contributed by atoms with Gasteiger partial charge >= 0.3 is 0 Å². The Labute approximate surface area is 348 Å². The molecule has 9 rings (SSSR count). The molecule has 54 heavy (non-hydrogen) atoms. The summed E-state index contributed by atoms with van der Waals surface area (Å²) >= 11 is 4.66. The highest BCUT2D eigenvalue weighted by Gasteiger charge is 2.38. The van der Waals surface area contributed by atoms with E-state index in [-0.39, 0.29) is 11.2 Å². The molecule has 0 heterocycles. The molecule has 0 amide bonds. The summed E-state index contributed by atoms with van der Waals surface area (Å²) in [6.45, 7) is 4.68. The Morgan fingerprint density at radius 3 is 1.74 bits per heavy atom. The van der Waals surface area contributed by atoms with Gasteiger partial charge < -0.3 is 9.80 Å². The van der Waals surface area contributed by atoms with Crippen LogP contribution in [0.4, 0.5) is 38.5 Å². The topological polar surface area (TPSA) is 6.48 Å². The molecular formula is C47H33FI2N2S2. The van der Waals surface area contributed by atoms with E-state index in [2.05, 4.69) is 206 Å². The van der Waals surface area contributed by atoms with Crippen LogP contribution in [0, 0.1) is 5.82 Å². The molecule has 0 saturated heterocycles. The molecule has 0 unspecified atom stereocenters. The van der Waals surface area contributed by atoms with Gasteiger partial charge in [0.15, 0.2) is 0 Å². The van der Waals surface area contributed by atoms with Crippen LogP contribution in [-0.2, 0) is 5.41 Å². The van der Waals surface area contributed by atoms with E-state index in [1.807, 2.05) is 6.07 Å². The van der Waals surface area contributed by atoms with E-state index in [4.69, 9.17) is 0 Å². The summed E-state index contributed by atoms with van der Waals surface area (Å²) in [7, 11) is 3.41. The van der Waals surface area contributed by atoms with Crippen LogP contribution >= 0.6 is 60.3 Å². The van der Waals surface area contributed by atoms with Crippen molar-refractivity contribution in [3.05, 3.63) is 181 Å². The zero-order valence-electron chi connectivity index (χ0n) is 29.4. The van der Waals surface area contributed by atoms with Gasteiger partial charge in [0.1, 0.15) is 5.82 Å². The third-order valence-electron chi connectivity index (χ3n) is 10.6. The lowest BCUT2D eigenvalue weighted by Gasteiger charge is -2.31. The predicted octanol–water partition coefficient (Wildman–Crippen LogP) is 16.3. The van der Waals surface area contributed by atoms with Crippen molar-refractivity contribution in [2.75, 3.05) is 9.80 Å². The van der Waals surface area contributed by atoms with Crippen LogP contribution in [0.15, 0.2) is 174 Å². The summed E-state index contributed by atoms with van der Waals surface area (Å²) < 4.78 is 14.8. The van der Waals surface area contributed by atoms with E-state index in [9.17, 15) is 4.39 Å². The van der Waals surface area contributed by atoms with E-state index in [1.165, 1.54) is 59.7 Å². The molecular weight excluding hydrogens is 929 g/mol. The fourth-order valence-corrected chi connectivity index (χ4v) is 10.3. The molecule has 0 aromatic heterocycles. The Bertz CT molecular complexity index is 2690. The second kappa shape index (κ2) is 14.6. The summed E-state index contributed by atoms with van der Waals surface area (Å²) in [5.74, 6) is -0.261. The first-order valence-electron chi connectivity index (χ1n) is 17.7. The highest BCUT2D eigenvalue weighted by molar-refractivity contribution is 14.2. The number of fused-ring (bicyclic) bond motifs is 6. The van der Waals surface area contributed by atoms with Crippen LogP contribution in [0.5, 0.6) is 0 Å². The van der Waals surface area contributed by atoms with E-state index in [1.54, 1.807) is 30.0 Å². The minimum absolute atomic E-state index is 0.261. The summed E-state index contributed by atoms with van der Waals surface area (Å²) in [5.41, 5.74) is 10.9. The zero-order valence-corrected chi connectivity index (χ0v) is 35.4. The van der Waals surface area contributed by atoms with Crippen LogP contribution in [0.3, 0.4) is 0 Å². The molecule has 0 bridgehead atoms. The number of hydrogen-bond donors (Lipinski definition) is 0. The van der Waals surface area contributed by atoms with Gasteiger partial charge in [0.2, 0.25) is 0 Å². The standard InChI is InChI=1S/C47H33FI2N2S2/c1-47(2)42-28-35(51(34-12-8-11-31(48)27-34)32-17-22-36(53-49)23-18-32)21-26-41(42)46-40-15-6-5-14-39(40)45(29-43(46)47)52(33-19-24-37(54-50)25-20-33)44-16-7-10-30-9-3-4-13-38(30)44/h3-29H,1-2H3. The molecule has 1 aliphatic carbocycles. The predicted molar refractivity (Wildman–Crippen MR) is 248 cm³/mol. The first-order valence-corrected chi connectivity index (χ1v) is 24.4. The van der Waals surface area contributed by atoms with Crippen molar-refractivity contribution in [2.24, 2.45) is 0 Å². The number of rotatable bonds is 8. The molecule has 0 saturated carbocycles. The summed E-state index contributed by atoms with van der Waals surface area (Å²) in [6.07, 6.45) is 0. The minimum atomic E-state index is -0.332. The lowest BCUT2D eigenvalue weighted by atomic mass is 9.81. The largest absolute Gasteiger partial charge is 0.310 e. The average molecular weight is 963 g/mol. The highest BCUT2D eigenvalue weighted by Crippen LogP contribution is 2.56. The third kappa shape index (κ3) is 6.17. The number of benzene rings is 8. The van der Waals surface area contributed by atoms with Gasteiger partial charge in [-0.25, -0.2) is 4.39 Å². The Morgan fingerprint density at radius 2 is 1.06 bits per heavy atom. The monoisotopic (exact) mass is 962 g/mol. The maximum atomic E-state index is 14.8. The molecule has 8 aromatic carbocycles. The molecule has 0 N–H and O–H groups in total. The van der Waals surface area contributed by atoms with Gasteiger partial charge in [-0.05, 0) is 124 Å². The lowest BCUT2D eigenvalue weighted by Crippen LogP contribution is -2.18. The normalized spacial score (nSPS) is 12.8. The van der Waals surface area contributed by atoms with E-state index in [0.29, 0.717) is 0 Å². The van der Waals surface area contributed by atoms with Crippen LogP contribution in [0.2, 0.25) is 0 Å². The fraction of sp³-hybridized carbons (Fsp3) is 0.0638. The fourth-order valence-electron chi connectivity index (χ4n) is 8.04. The lowest BCUT2D eigenvalue weighted by molar-refractivity contribution is 0.628. The maximum Gasteiger partial charge on any atom is 0.125 e. The smallest absolute Gasteiger partial charge is 0.125 e. The molecule has 8 aromatic rings. The van der Waals surface area contributed by atoms with Crippen molar-refractivity contribution >= 4 is 116 Å². The Morgan fingerprint density at radius 1 is 0.481 bits per heavy atom. The highest BCUT2D eigenvalue weighted by atomic mass is 127. The summed E-state index contributed by atoms with van der Waals surface area (Å²) in [4.78, 5) is 6.99. The van der Waals surface area contributed by atoms with Gasteiger partial charge in [-0.1, -0.05) is 105 Å². The van der Waals surface area contributed by atoms with Crippen LogP contribution in [0.25, 0.3) is 32.7 Å². The van der Waals surface area contributed by atoms with Gasteiger partial charge in [0.25, 0.3) is 0 Å². The molecule has 0 aliphatic heterocycles. The van der Waals surface area contributed by atoms with E-state index < -0.39 is 0 Å². The third-order valence-corrected chi connectivity index (χ3v) is 14.5.